The molecule has 1 aliphatic heterocycles. The Morgan fingerprint density at radius 1 is 1.20 bits per heavy atom. The summed E-state index contributed by atoms with van der Waals surface area (Å²) in [4.78, 5) is 17.1. The Morgan fingerprint density at radius 2 is 2.00 bits per heavy atom. The van der Waals surface area contributed by atoms with Gasteiger partial charge >= 0.3 is 0 Å². The first-order valence-corrected chi connectivity index (χ1v) is 9.84. The molecular formula is C22H17BF2N4O. The van der Waals surface area contributed by atoms with E-state index in [0.29, 0.717) is 28.5 Å². The Labute approximate surface area is 171 Å². The first-order chi connectivity index (χ1) is 14.4. The molecule has 0 radical (unpaired) electrons. The van der Waals surface area contributed by atoms with Crippen LogP contribution in [0.1, 0.15) is 18.2 Å². The fourth-order valence-electron chi connectivity index (χ4n) is 4.46. The van der Waals surface area contributed by atoms with Gasteiger partial charge in [0.2, 0.25) is 0 Å². The van der Waals surface area contributed by atoms with Crippen LogP contribution in [0.15, 0.2) is 47.7 Å². The molecule has 0 spiro atoms. The van der Waals surface area contributed by atoms with Crippen molar-refractivity contribution in [2.45, 2.75) is 32.0 Å². The third kappa shape index (κ3) is 2.89. The topological polar surface area (TPSA) is 63.1 Å². The zero-order valence-corrected chi connectivity index (χ0v) is 16.3. The van der Waals surface area contributed by atoms with Gasteiger partial charge in [-0.15, -0.1) is 0 Å². The van der Waals surface area contributed by atoms with E-state index in [-0.39, 0.29) is 23.8 Å². The highest BCUT2D eigenvalue weighted by atomic mass is 19.1. The molecule has 1 aromatic carbocycles. The summed E-state index contributed by atoms with van der Waals surface area (Å²) < 4.78 is 32.6. The van der Waals surface area contributed by atoms with Gasteiger partial charge in [0.1, 0.15) is 5.82 Å². The number of halogens is 2. The summed E-state index contributed by atoms with van der Waals surface area (Å²) in [7, 11) is 0. The number of rotatable bonds is 2. The molecule has 148 valence electrons. The maximum absolute atomic E-state index is 15.0. The molecule has 3 aromatic heterocycles. The van der Waals surface area contributed by atoms with Crippen LogP contribution in [-0.2, 0) is 0 Å². The second kappa shape index (κ2) is 6.80. The molecule has 1 unspecified atom stereocenters. The lowest BCUT2D eigenvalue weighted by molar-refractivity contribution is 0.535. The van der Waals surface area contributed by atoms with Crippen molar-refractivity contribution < 1.29 is 8.78 Å². The number of hydrogen-bond acceptors (Lipinski definition) is 3. The van der Waals surface area contributed by atoms with Gasteiger partial charge in [-0.1, -0.05) is 6.32 Å². The quantitative estimate of drug-likeness (QED) is 0.467. The van der Waals surface area contributed by atoms with Gasteiger partial charge in [0.05, 0.1) is 11.1 Å². The van der Waals surface area contributed by atoms with Crippen molar-refractivity contribution in [2.24, 2.45) is 0 Å². The Bertz CT molecular complexity index is 1420. The molecule has 1 atom stereocenters. The lowest BCUT2D eigenvalue weighted by atomic mass is 9.50. The number of imidazole rings is 1. The molecule has 5 nitrogen and oxygen atoms in total. The highest BCUT2D eigenvalue weighted by Crippen LogP contribution is 2.31. The molecule has 1 aliphatic rings. The fourth-order valence-corrected chi connectivity index (χ4v) is 4.46. The van der Waals surface area contributed by atoms with Crippen LogP contribution < -0.4 is 5.56 Å². The summed E-state index contributed by atoms with van der Waals surface area (Å²) in [6.07, 6.45) is 7.14. The van der Waals surface area contributed by atoms with E-state index in [1.54, 1.807) is 46.6 Å². The third-order valence-corrected chi connectivity index (χ3v) is 5.92. The number of pyridine rings is 2. The van der Waals surface area contributed by atoms with Gasteiger partial charge < -0.3 is 8.97 Å². The monoisotopic (exact) mass is 402 g/mol. The van der Waals surface area contributed by atoms with Gasteiger partial charge in [0.25, 0.3) is 12.3 Å². The summed E-state index contributed by atoms with van der Waals surface area (Å²) in [6, 6.07) is 5.90. The maximum Gasteiger partial charge on any atom is 0.269 e. The van der Waals surface area contributed by atoms with Crippen LogP contribution in [-0.4, -0.2) is 20.7 Å². The minimum Gasteiger partial charge on any atom is -0.313 e. The average molecular weight is 402 g/mol. The molecule has 0 amide bonds. The summed E-state index contributed by atoms with van der Waals surface area (Å²) in [6.45, 7) is 1.71. The molecule has 4 heterocycles. The zero-order chi connectivity index (χ0) is 21.0. The molecule has 1 saturated heterocycles. The highest BCUT2D eigenvalue weighted by molar-refractivity contribution is 6.67. The first-order valence-electron chi connectivity index (χ1n) is 9.84. The van der Waals surface area contributed by atoms with E-state index in [4.69, 9.17) is 5.26 Å². The Morgan fingerprint density at radius 3 is 2.77 bits per heavy atom. The molecule has 0 N–H and O–H groups in total. The fraction of sp³-hybridized carbons (Fsp3) is 0.227. The summed E-state index contributed by atoms with van der Waals surface area (Å²) in [5.74, 6) is 1.11. The van der Waals surface area contributed by atoms with E-state index < -0.39 is 17.2 Å². The number of nitriles is 1. The lowest BCUT2D eigenvalue weighted by Crippen LogP contribution is -2.24. The Hall–Kier alpha value is -3.47. The van der Waals surface area contributed by atoms with Crippen LogP contribution in [0, 0.1) is 29.8 Å². The minimum atomic E-state index is -0.640. The van der Waals surface area contributed by atoms with Crippen LogP contribution in [0.5, 0.6) is 0 Å². The van der Waals surface area contributed by atoms with Crippen molar-refractivity contribution in [1.29, 1.82) is 5.26 Å². The number of fused-ring (bicyclic) bond motifs is 2. The van der Waals surface area contributed by atoms with Gasteiger partial charge in [-0.05, 0) is 54.9 Å². The second-order valence-electron chi connectivity index (χ2n) is 7.93. The second-order valence-corrected chi connectivity index (χ2v) is 7.93. The van der Waals surface area contributed by atoms with E-state index >= 15 is 4.39 Å². The van der Waals surface area contributed by atoms with Gasteiger partial charge in [-0.2, -0.15) is 0 Å². The van der Waals surface area contributed by atoms with Crippen molar-refractivity contribution in [1.82, 2.24) is 14.0 Å². The smallest absolute Gasteiger partial charge is 0.269 e. The van der Waals surface area contributed by atoms with Gasteiger partial charge in [-0.3, -0.25) is 4.79 Å². The van der Waals surface area contributed by atoms with Crippen LogP contribution in [0.2, 0.25) is 12.6 Å². The molecule has 4 aromatic rings. The molecule has 1 fully saturated rings. The van der Waals surface area contributed by atoms with Crippen molar-refractivity contribution >= 4 is 23.1 Å². The van der Waals surface area contributed by atoms with Crippen molar-refractivity contribution in [3.05, 3.63) is 70.5 Å². The highest BCUT2D eigenvalue weighted by Gasteiger charge is 2.30. The van der Waals surface area contributed by atoms with E-state index in [1.165, 1.54) is 12.1 Å². The third-order valence-electron chi connectivity index (χ3n) is 5.92. The lowest BCUT2D eigenvalue weighted by Gasteiger charge is -2.15. The molecule has 5 rings (SSSR count). The van der Waals surface area contributed by atoms with Crippen molar-refractivity contribution in [3.8, 4) is 17.1 Å². The molecular weight excluding hydrogens is 385 g/mol. The summed E-state index contributed by atoms with van der Waals surface area (Å²) in [5.41, 5.74) is 1.48. The number of aromatic nitrogens is 3. The first kappa shape index (κ1) is 18.6. The Kier molecular flexibility index (Phi) is 4.21. The SMILES string of the molecule is Cc1cn2cc(-c3cc(F)c4c(=O)n(C5CCB(C#N)C5)ccc4c3)cc(F)c2n1. The van der Waals surface area contributed by atoms with Crippen LogP contribution in [0.25, 0.3) is 27.5 Å². The van der Waals surface area contributed by atoms with Crippen LogP contribution in [0.3, 0.4) is 0 Å². The van der Waals surface area contributed by atoms with Gasteiger partial charge in [-0.25, -0.2) is 19.0 Å². The van der Waals surface area contributed by atoms with E-state index in [0.717, 1.165) is 12.7 Å². The van der Waals surface area contributed by atoms with Crippen LogP contribution in [0.4, 0.5) is 8.78 Å². The van der Waals surface area contributed by atoms with E-state index in [2.05, 4.69) is 11.0 Å². The maximum atomic E-state index is 15.0. The molecule has 0 saturated carbocycles. The largest absolute Gasteiger partial charge is 0.313 e. The van der Waals surface area contributed by atoms with Crippen molar-refractivity contribution in [2.75, 3.05) is 0 Å². The van der Waals surface area contributed by atoms with Gasteiger partial charge in [0, 0.05) is 36.2 Å². The number of aryl methyl sites for hydroxylation is 1. The molecule has 30 heavy (non-hydrogen) atoms. The summed E-state index contributed by atoms with van der Waals surface area (Å²) >= 11 is 0. The van der Waals surface area contributed by atoms with Crippen LogP contribution >= 0.6 is 0 Å². The normalized spacial score (nSPS) is 16.5. The minimum absolute atomic E-state index is 0.0154. The predicted octanol–water partition coefficient (Wildman–Crippen LogP) is 4.41. The standard InChI is InChI=1S/C22H17BF2N4O/c1-13-10-28-11-16(8-19(25)21(28)27-13)15-6-14-3-5-29(17-2-4-23(9-17)12-26)22(30)20(14)18(24)7-15/h3,5-8,10-11,17H,2,4,9H2,1H3. The van der Waals surface area contributed by atoms with Crippen molar-refractivity contribution in [3.63, 3.8) is 0 Å². The molecule has 8 heteroatoms. The molecule has 0 bridgehead atoms. The number of nitrogens with zero attached hydrogens (tertiary/aromatic N) is 4. The molecule has 0 aliphatic carbocycles. The predicted molar refractivity (Wildman–Crippen MR) is 112 cm³/mol. The summed E-state index contributed by atoms with van der Waals surface area (Å²) in [5, 5.41) is 9.59. The number of benzene rings is 1. The Balaban J connectivity index is 1.62. The van der Waals surface area contributed by atoms with Gasteiger partial charge in [0.15, 0.2) is 11.5 Å². The number of hydrogen-bond donors (Lipinski definition) is 0. The van der Waals surface area contributed by atoms with E-state index in [1.807, 2.05) is 0 Å². The zero-order valence-electron chi connectivity index (χ0n) is 16.3. The van der Waals surface area contributed by atoms with E-state index in [9.17, 15) is 9.18 Å². The average Bonchev–Trinajstić information content (AvgIpc) is 3.34.